The van der Waals surface area contributed by atoms with Crippen LogP contribution in [0.15, 0.2) is 36.5 Å². The lowest BCUT2D eigenvalue weighted by Gasteiger charge is -2.12. The van der Waals surface area contributed by atoms with Crippen LogP contribution in [0, 0.1) is 6.92 Å². The van der Waals surface area contributed by atoms with E-state index >= 15 is 0 Å². The maximum atomic E-state index is 12.0. The number of aromatic nitrogens is 2. The molecule has 0 bridgehead atoms. The SMILES string of the molecule is Cc1c(C(C)NC(=O)/C=C/c2ccccc2Cl)cnn1C. The van der Waals surface area contributed by atoms with E-state index in [9.17, 15) is 4.79 Å². The fourth-order valence-electron chi connectivity index (χ4n) is 2.06. The molecule has 0 spiro atoms. The minimum atomic E-state index is -0.161. The highest BCUT2D eigenvalue weighted by Crippen LogP contribution is 2.17. The molecule has 110 valence electrons. The fourth-order valence-corrected chi connectivity index (χ4v) is 2.25. The first kappa shape index (κ1) is 15.3. The largest absolute Gasteiger partial charge is 0.346 e. The number of rotatable bonds is 4. The molecular weight excluding hydrogens is 286 g/mol. The van der Waals surface area contributed by atoms with E-state index < -0.39 is 0 Å². The van der Waals surface area contributed by atoms with Crippen molar-refractivity contribution in [2.75, 3.05) is 0 Å². The molecule has 0 aliphatic carbocycles. The van der Waals surface area contributed by atoms with E-state index in [1.54, 1.807) is 23.0 Å². The average molecular weight is 304 g/mol. The van der Waals surface area contributed by atoms with Gasteiger partial charge in [-0.1, -0.05) is 29.8 Å². The monoisotopic (exact) mass is 303 g/mol. The van der Waals surface area contributed by atoms with Crippen molar-refractivity contribution in [3.8, 4) is 0 Å². The van der Waals surface area contributed by atoms with Crippen LogP contribution in [0.5, 0.6) is 0 Å². The molecule has 0 saturated heterocycles. The predicted molar refractivity (Wildman–Crippen MR) is 85.0 cm³/mol. The quantitative estimate of drug-likeness (QED) is 0.881. The number of hydrogen-bond donors (Lipinski definition) is 1. The Morgan fingerprint density at radius 3 is 2.76 bits per heavy atom. The Morgan fingerprint density at radius 1 is 1.43 bits per heavy atom. The Bertz CT molecular complexity index is 676. The zero-order valence-corrected chi connectivity index (χ0v) is 13.1. The molecule has 0 saturated carbocycles. The second-order valence-corrected chi connectivity index (χ2v) is 5.30. The van der Waals surface area contributed by atoms with Gasteiger partial charge in [0.25, 0.3) is 0 Å². The summed E-state index contributed by atoms with van der Waals surface area (Å²) in [5.41, 5.74) is 2.87. The zero-order valence-electron chi connectivity index (χ0n) is 12.3. The zero-order chi connectivity index (χ0) is 15.4. The molecule has 2 aromatic rings. The molecule has 1 aromatic carbocycles. The molecule has 0 radical (unpaired) electrons. The second kappa shape index (κ2) is 6.59. The first-order valence-electron chi connectivity index (χ1n) is 6.70. The number of benzene rings is 1. The molecule has 5 heteroatoms. The van der Waals surface area contributed by atoms with E-state index in [4.69, 9.17) is 11.6 Å². The second-order valence-electron chi connectivity index (χ2n) is 4.89. The lowest BCUT2D eigenvalue weighted by atomic mass is 10.1. The van der Waals surface area contributed by atoms with Crippen molar-refractivity contribution in [2.24, 2.45) is 7.05 Å². The predicted octanol–water partition coefficient (Wildman–Crippen LogP) is 3.27. The van der Waals surface area contributed by atoms with Gasteiger partial charge in [-0.05, 0) is 31.6 Å². The number of carbonyl (C=O) groups is 1. The lowest BCUT2D eigenvalue weighted by molar-refractivity contribution is -0.117. The van der Waals surface area contributed by atoms with Crippen molar-refractivity contribution in [3.63, 3.8) is 0 Å². The molecule has 0 fully saturated rings. The molecule has 0 aliphatic heterocycles. The van der Waals surface area contributed by atoms with E-state index in [2.05, 4.69) is 10.4 Å². The number of carbonyl (C=O) groups excluding carboxylic acids is 1. The van der Waals surface area contributed by atoms with Crippen molar-refractivity contribution in [3.05, 3.63) is 58.4 Å². The standard InChI is InChI=1S/C16H18ClN3O/c1-11(14-10-18-20(3)12(14)2)19-16(21)9-8-13-6-4-5-7-15(13)17/h4-11H,1-3H3,(H,19,21)/b9-8+. The van der Waals surface area contributed by atoms with Gasteiger partial charge >= 0.3 is 0 Å². The van der Waals surface area contributed by atoms with Crippen LogP contribution < -0.4 is 5.32 Å². The van der Waals surface area contributed by atoms with Crippen molar-refractivity contribution in [1.82, 2.24) is 15.1 Å². The van der Waals surface area contributed by atoms with Crippen LogP contribution in [-0.2, 0) is 11.8 Å². The van der Waals surface area contributed by atoms with Crippen LogP contribution in [0.4, 0.5) is 0 Å². The topological polar surface area (TPSA) is 46.9 Å². The van der Waals surface area contributed by atoms with E-state index in [-0.39, 0.29) is 11.9 Å². The number of nitrogens with one attached hydrogen (secondary N) is 1. The Morgan fingerprint density at radius 2 is 2.14 bits per heavy atom. The maximum absolute atomic E-state index is 12.0. The number of nitrogens with zero attached hydrogens (tertiary/aromatic N) is 2. The molecule has 1 N–H and O–H groups in total. The summed E-state index contributed by atoms with van der Waals surface area (Å²) in [4.78, 5) is 12.0. The van der Waals surface area contributed by atoms with Gasteiger partial charge in [-0.25, -0.2) is 0 Å². The summed E-state index contributed by atoms with van der Waals surface area (Å²) in [7, 11) is 1.88. The van der Waals surface area contributed by atoms with Crippen molar-refractivity contribution in [1.29, 1.82) is 0 Å². The van der Waals surface area contributed by atoms with Gasteiger partial charge in [0.05, 0.1) is 12.2 Å². The molecule has 1 aromatic heterocycles. The number of hydrogen-bond acceptors (Lipinski definition) is 2. The van der Waals surface area contributed by atoms with Crippen LogP contribution in [0.25, 0.3) is 6.08 Å². The van der Waals surface area contributed by atoms with E-state index in [0.29, 0.717) is 5.02 Å². The first-order valence-corrected chi connectivity index (χ1v) is 7.08. The van der Waals surface area contributed by atoms with Gasteiger partial charge in [0.2, 0.25) is 5.91 Å². The molecule has 1 amide bonds. The third-order valence-electron chi connectivity index (χ3n) is 3.42. The van der Waals surface area contributed by atoms with Crippen LogP contribution in [0.3, 0.4) is 0 Å². The number of aryl methyl sites for hydroxylation is 1. The molecule has 0 aliphatic rings. The third-order valence-corrected chi connectivity index (χ3v) is 3.76. The summed E-state index contributed by atoms with van der Waals surface area (Å²) in [5.74, 6) is -0.161. The third kappa shape index (κ3) is 3.73. The molecule has 2 rings (SSSR count). The molecule has 1 heterocycles. The average Bonchev–Trinajstić information content (AvgIpc) is 2.78. The Balaban J connectivity index is 2.02. The lowest BCUT2D eigenvalue weighted by Crippen LogP contribution is -2.25. The van der Waals surface area contributed by atoms with Crippen LogP contribution >= 0.6 is 11.6 Å². The van der Waals surface area contributed by atoms with Crippen molar-refractivity contribution < 1.29 is 4.79 Å². The van der Waals surface area contributed by atoms with E-state index in [1.165, 1.54) is 6.08 Å². The van der Waals surface area contributed by atoms with Gasteiger partial charge in [-0.2, -0.15) is 5.10 Å². The summed E-state index contributed by atoms with van der Waals surface area (Å²) in [6.07, 6.45) is 4.97. The highest BCUT2D eigenvalue weighted by molar-refractivity contribution is 6.32. The maximum Gasteiger partial charge on any atom is 0.244 e. The Hall–Kier alpha value is -2.07. The van der Waals surface area contributed by atoms with E-state index in [0.717, 1.165) is 16.8 Å². The molecule has 1 unspecified atom stereocenters. The summed E-state index contributed by atoms with van der Waals surface area (Å²) >= 11 is 6.04. The highest BCUT2D eigenvalue weighted by atomic mass is 35.5. The smallest absolute Gasteiger partial charge is 0.244 e. The highest BCUT2D eigenvalue weighted by Gasteiger charge is 2.13. The summed E-state index contributed by atoms with van der Waals surface area (Å²) in [6, 6.07) is 7.29. The van der Waals surface area contributed by atoms with Gasteiger partial charge in [-0.15, -0.1) is 0 Å². The van der Waals surface area contributed by atoms with Gasteiger partial charge in [-0.3, -0.25) is 9.48 Å². The van der Waals surface area contributed by atoms with Gasteiger partial charge in [0.15, 0.2) is 0 Å². The number of halogens is 1. The van der Waals surface area contributed by atoms with Crippen LogP contribution in [0.2, 0.25) is 5.02 Å². The first-order chi connectivity index (χ1) is 9.99. The number of amides is 1. The molecule has 21 heavy (non-hydrogen) atoms. The van der Waals surface area contributed by atoms with Gasteiger partial charge < -0.3 is 5.32 Å². The minimum Gasteiger partial charge on any atom is -0.346 e. The fraction of sp³-hybridized carbons (Fsp3) is 0.250. The molecule has 4 nitrogen and oxygen atoms in total. The van der Waals surface area contributed by atoms with Gasteiger partial charge in [0, 0.05) is 29.4 Å². The van der Waals surface area contributed by atoms with Gasteiger partial charge in [0.1, 0.15) is 0 Å². The minimum absolute atomic E-state index is 0.0953. The summed E-state index contributed by atoms with van der Waals surface area (Å²) in [6.45, 7) is 3.91. The van der Waals surface area contributed by atoms with Crippen LogP contribution in [-0.4, -0.2) is 15.7 Å². The Labute approximate surface area is 129 Å². The van der Waals surface area contributed by atoms with Crippen molar-refractivity contribution >= 4 is 23.6 Å². The Kier molecular flexibility index (Phi) is 4.81. The van der Waals surface area contributed by atoms with E-state index in [1.807, 2.05) is 39.1 Å². The summed E-state index contributed by atoms with van der Waals surface area (Å²) < 4.78 is 1.79. The molecular formula is C16H18ClN3O. The molecule has 1 atom stereocenters. The van der Waals surface area contributed by atoms with Crippen molar-refractivity contribution in [2.45, 2.75) is 19.9 Å². The normalized spacial score (nSPS) is 12.6. The van der Waals surface area contributed by atoms with Crippen LogP contribution in [0.1, 0.15) is 29.8 Å². The summed E-state index contributed by atoms with van der Waals surface area (Å²) in [5, 5.41) is 7.72.